The smallest absolute Gasteiger partial charge is 0.0957 e. The third kappa shape index (κ3) is 3.06. The van der Waals surface area contributed by atoms with Gasteiger partial charge >= 0.3 is 0 Å². The minimum Gasteiger partial charge on any atom is -0.381 e. The van der Waals surface area contributed by atoms with Crippen molar-refractivity contribution in [2.45, 2.75) is 6.42 Å². The van der Waals surface area contributed by atoms with Crippen molar-refractivity contribution in [3.63, 3.8) is 0 Å². The molecule has 1 aliphatic heterocycles. The van der Waals surface area contributed by atoms with Gasteiger partial charge in [0.25, 0.3) is 0 Å². The number of rotatable bonds is 4. The minimum absolute atomic E-state index is 0.199. The van der Waals surface area contributed by atoms with Crippen LogP contribution in [0, 0.1) is 0 Å². The summed E-state index contributed by atoms with van der Waals surface area (Å²) in [5, 5.41) is 8.84. The van der Waals surface area contributed by atoms with E-state index in [2.05, 4.69) is 9.80 Å². The first-order chi connectivity index (χ1) is 5.86. The molecular weight excluding hydrogens is 154 g/mol. The Morgan fingerprint density at radius 2 is 1.67 bits per heavy atom. The second kappa shape index (κ2) is 5.48. The number of hydrogen-bond donors (Lipinski definition) is 2. The highest BCUT2D eigenvalue weighted by Gasteiger charge is 2.14. The molecule has 0 saturated carbocycles. The second-order valence-corrected chi connectivity index (χ2v) is 3.24. The van der Waals surface area contributed by atoms with Gasteiger partial charge in [-0.1, -0.05) is 0 Å². The van der Waals surface area contributed by atoms with Crippen LogP contribution in [0.25, 0.3) is 0 Å². The third-order valence-corrected chi connectivity index (χ3v) is 2.34. The predicted molar refractivity (Wildman–Crippen MR) is 48.8 cm³/mol. The molecule has 0 amide bonds. The Balaban J connectivity index is 2.09. The Morgan fingerprint density at radius 1 is 1.08 bits per heavy atom. The molecule has 4 heteroatoms. The highest BCUT2D eigenvalue weighted by atomic mass is 16.3. The Hall–Kier alpha value is -0.160. The maximum absolute atomic E-state index is 8.84. The first-order valence-electron chi connectivity index (χ1n) is 4.62. The molecule has 1 saturated heterocycles. The summed E-state index contributed by atoms with van der Waals surface area (Å²) >= 11 is 0. The summed E-state index contributed by atoms with van der Waals surface area (Å²) in [5.41, 5.74) is 5.42. The molecular formula is C8H19N3O. The Bertz CT molecular complexity index is 113. The summed E-state index contributed by atoms with van der Waals surface area (Å²) in [6.07, 6.45) is 1.08. The fraction of sp³-hybridized carbons (Fsp3) is 1.00. The van der Waals surface area contributed by atoms with Crippen LogP contribution in [0.5, 0.6) is 0 Å². The van der Waals surface area contributed by atoms with E-state index in [1.54, 1.807) is 0 Å². The van der Waals surface area contributed by atoms with E-state index in [9.17, 15) is 0 Å². The second-order valence-electron chi connectivity index (χ2n) is 3.24. The zero-order valence-electron chi connectivity index (χ0n) is 7.58. The quantitative estimate of drug-likeness (QED) is 0.567. The van der Waals surface area contributed by atoms with Crippen LogP contribution >= 0.6 is 0 Å². The summed E-state index contributed by atoms with van der Waals surface area (Å²) in [4.78, 5) is 4.46. The zero-order valence-corrected chi connectivity index (χ0v) is 7.58. The van der Waals surface area contributed by atoms with E-state index < -0.39 is 0 Å². The van der Waals surface area contributed by atoms with Crippen LogP contribution in [0.2, 0.25) is 0 Å². The number of aliphatic hydroxyl groups is 1. The van der Waals surface area contributed by atoms with Crippen molar-refractivity contribution in [1.29, 1.82) is 0 Å². The molecule has 4 nitrogen and oxygen atoms in total. The first-order valence-corrected chi connectivity index (χ1v) is 4.62. The Kier molecular flexibility index (Phi) is 4.53. The van der Waals surface area contributed by atoms with Gasteiger partial charge < -0.3 is 15.7 Å². The number of nitrogens with two attached hydrogens (primary N) is 1. The highest BCUT2D eigenvalue weighted by molar-refractivity contribution is 4.69. The molecule has 0 spiro atoms. The summed E-state index contributed by atoms with van der Waals surface area (Å²) in [6, 6.07) is 0. The first kappa shape index (κ1) is 9.92. The molecule has 0 atom stereocenters. The lowest BCUT2D eigenvalue weighted by atomic mass is 10.3. The fourth-order valence-corrected chi connectivity index (χ4v) is 1.47. The summed E-state index contributed by atoms with van der Waals surface area (Å²) in [5.74, 6) is 0. The monoisotopic (exact) mass is 173 g/mol. The molecule has 0 aliphatic carbocycles. The lowest BCUT2D eigenvalue weighted by Crippen LogP contribution is -2.46. The number of piperazine rings is 1. The summed E-state index contributed by atoms with van der Waals surface area (Å²) < 4.78 is 0. The van der Waals surface area contributed by atoms with Crippen molar-refractivity contribution in [2.75, 3.05) is 46.0 Å². The van der Waals surface area contributed by atoms with Crippen molar-refractivity contribution in [3.8, 4) is 0 Å². The largest absolute Gasteiger partial charge is 0.381 e. The van der Waals surface area contributed by atoms with Crippen molar-refractivity contribution in [2.24, 2.45) is 5.73 Å². The van der Waals surface area contributed by atoms with Gasteiger partial charge in [0, 0.05) is 26.2 Å². The maximum Gasteiger partial charge on any atom is 0.0957 e. The molecule has 3 N–H and O–H groups in total. The van der Waals surface area contributed by atoms with Gasteiger partial charge in [0.05, 0.1) is 6.73 Å². The third-order valence-electron chi connectivity index (χ3n) is 2.34. The van der Waals surface area contributed by atoms with Gasteiger partial charge in [0.2, 0.25) is 0 Å². The van der Waals surface area contributed by atoms with Gasteiger partial charge in [-0.25, -0.2) is 0 Å². The van der Waals surface area contributed by atoms with Crippen LogP contribution in [-0.4, -0.2) is 60.9 Å². The van der Waals surface area contributed by atoms with Crippen molar-refractivity contribution in [1.82, 2.24) is 9.80 Å². The van der Waals surface area contributed by atoms with Crippen molar-refractivity contribution < 1.29 is 5.11 Å². The van der Waals surface area contributed by atoms with Crippen LogP contribution in [0.1, 0.15) is 6.42 Å². The molecule has 12 heavy (non-hydrogen) atoms. The summed E-state index contributed by atoms with van der Waals surface area (Å²) in [6.45, 7) is 6.20. The number of aliphatic hydroxyl groups excluding tert-OH is 1. The van der Waals surface area contributed by atoms with Crippen LogP contribution in [0.15, 0.2) is 0 Å². The number of hydrogen-bond acceptors (Lipinski definition) is 4. The lowest BCUT2D eigenvalue weighted by molar-refractivity contribution is 0.0542. The predicted octanol–water partition coefficient (Wildman–Crippen LogP) is -1.10. The molecule has 72 valence electrons. The standard InChI is InChI=1S/C8H19N3O/c9-2-1-3-10-4-6-11(8-12)7-5-10/h12H,1-9H2. The van der Waals surface area contributed by atoms with Crippen LogP contribution in [0.4, 0.5) is 0 Å². The lowest BCUT2D eigenvalue weighted by Gasteiger charge is -2.33. The molecule has 0 aromatic heterocycles. The molecule has 0 aromatic carbocycles. The van der Waals surface area contributed by atoms with E-state index in [4.69, 9.17) is 10.8 Å². The van der Waals surface area contributed by atoms with Crippen LogP contribution < -0.4 is 5.73 Å². The average Bonchev–Trinajstić information content (AvgIpc) is 2.15. The van der Waals surface area contributed by atoms with E-state index in [1.807, 2.05) is 0 Å². The minimum atomic E-state index is 0.199. The molecule has 1 aliphatic rings. The molecule has 0 radical (unpaired) electrons. The van der Waals surface area contributed by atoms with Gasteiger partial charge in [0.1, 0.15) is 0 Å². The van der Waals surface area contributed by atoms with E-state index >= 15 is 0 Å². The van der Waals surface area contributed by atoms with Gasteiger partial charge in [-0.2, -0.15) is 0 Å². The molecule has 0 aromatic rings. The fourth-order valence-electron chi connectivity index (χ4n) is 1.47. The zero-order chi connectivity index (χ0) is 8.81. The Labute approximate surface area is 73.9 Å². The van der Waals surface area contributed by atoms with Crippen LogP contribution in [-0.2, 0) is 0 Å². The van der Waals surface area contributed by atoms with E-state index in [0.717, 1.165) is 45.7 Å². The average molecular weight is 173 g/mol. The van der Waals surface area contributed by atoms with Gasteiger partial charge in [-0.15, -0.1) is 0 Å². The van der Waals surface area contributed by atoms with Crippen molar-refractivity contribution >= 4 is 0 Å². The highest BCUT2D eigenvalue weighted by Crippen LogP contribution is 2.00. The van der Waals surface area contributed by atoms with E-state index in [0.29, 0.717) is 0 Å². The molecule has 0 bridgehead atoms. The maximum atomic E-state index is 8.84. The van der Waals surface area contributed by atoms with E-state index in [-0.39, 0.29) is 6.73 Å². The molecule has 1 heterocycles. The molecule has 0 unspecified atom stereocenters. The van der Waals surface area contributed by atoms with Gasteiger partial charge in [-0.05, 0) is 19.5 Å². The SMILES string of the molecule is NCCCN1CCN(CO)CC1. The molecule has 1 fully saturated rings. The van der Waals surface area contributed by atoms with E-state index in [1.165, 1.54) is 0 Å². The topological polar surface area (TPSA) is 52.7 Å². The molecule has 1 rings (SSSR count). The van der Waals surface area contributed by atoms with Crippen LogP contribution in [0.3, 0.4) is 0 Å². The van der Waals surface area contributed by atoms with Gasteiger partial charge in [-0.3, -0.25) is 4.90 Å². The van der Waals surface area contributed by atoms with Crippen molar-refractivity contribution in [3.05, 3.63) is 0 Å². The number of nitrogens with zero attached hydrogens (tertiary/aromatic N) is 2. The summed E-state index contributed by atoms with van der Waals surface area (Å²) in [7, 11) is 0. The normalized spacial score (nSPS) is 21.5. The Morgan fingerprint density at radius 3 is 2.17 bits per heavy atom. The van der Waals surface area contributed by atoms with Gasteiger partial charge in [0.15, 0.2) is 0 Å².